The third-order valence-corrected chi connectivity index (χ3v) is 13.8. The summed E-state index contributed by atoms with van der Waals surface area (Å²) in [4.78, 5) is 72.0. The van der Waals surface area contributed by atoms with Gasteiger partial charge in [0.1, 0.15) is 35.4 Å². The van der Waals surface area contributed by atoms with Gasteiger partial charge in [-0.1, -0.05) is 72.7 Å². The molecule has 67 heavy (non-hydrogen) atoms. The number of nitrogens with one attached hydrogen (secondary N) is 4. The molecule has 0 radical (unpaired) electrons. The lowest BCUT2D eigenvalue weighted by Crippen LogP contribution is -2.51. The molecule has 5 atom stereocenters. The van der Waals surface area contributed by atoms with Crippen LogP contribution >= 0.6 is 0 Å². The van der Waals surface area contributed by atoms with Crippen molar-refractivity contribution >= 4 is 57.2 Å². The highest BCUT2D eigenvalue weighted by Crippen LogP contribution is 2.51. The number of carbonyl (C=O) groups is 4. The average molecular weight is 921 g/mol. The SMILES string of the molecule is COC(=O)N[C@H](C(=O)N1CCC[C@H]1c1nc2cc(C3=C(c4ccc(C(C)(C)C)cc4)C(c4cc5[nH]c([C@@H]6CCCN6C(=O)[C@@H](NC(=O)OC)C(C)C)nc5cc4F)CC3)c(F)cc2[nH]1)C(C)C. The van der Waals surface area contributed by atoms with Gasteiger partial charge in [-0.15, -0.1) is 0 Å². The Balaban J connectivity index is 1.16. The second-order valence-corrected chi connectivity index (χ2v) is 19.9. The number of H-pyrrole nitrogens is 2. The first-order valence-electron chi connectivity index (χ1n) is 23.4. The van der Waals surface area contributed by atoms with Crippen molar-refractivity contribution in [1.82, 2.24) is 40.4 Å². The van der Waals surface area contributed by atoms with Crippen molar-refractivity contribution in [3.63, 3.8) is 0 Å². The van der Waals surface area contributed by atoms with Crippen molar-refractivity contribution in [2.45, 2.75) is 122 Å². The van der Waals surface area contributed by atoms with Crippen molar-refractivity contribution in [3.8, 4) is 0 Å². The number of benzene rings is 3. The molecule has 16 heteroatoms. The second-order valence-electron chi connectivity index (χ2n) is 19.9. The first-order chi connectivity index (χ1) is 31.9. The number of aromatic amines is 2. The van der Waals surface area contributed by atoms with Gasteiger partial charge in [-0.25, -0.2) is 28.3 Å². The molecule has 1 aliphatic carbocycles. The molecule has 0 bridgehead atoms. The normalized spacial score (nSPS) is 19.8. The summed E-state index contributed by atoms with van der Waals surface area (Å²) in [6.45, 7) is 14.8. The van der Waals surface area contributed by atoms with Crippen LogP contribution in [0.3, 0.4) is 0 Å². The van der Waals surface area contributed by atoms with E-state index in [0.717, 1.165) is 35.1 Å². The number of hydrogen-bond donors (Lipinski definition) is 4. The summed E-state index contributed by atoms with van der Waals surface area (Å²) < 4.78 is 43.0. The summed E-state index contributed by atoms with van der Waals surface area (Å²) in [5, 5.41) is 5.36. The lowest BCUT2D eigenvalue weighted by Gasteiger charge is -2.29. The molecule has 356 valence electrons. The van der Waals surface area contributed by atoms with E-state index in [1.165, 1.54) is 26.4 Å². The molecule has 0 spiro atoms. The number of amides is 4. The Morgan fingerprint density at radius 2 is 1.22 bits per heavy atom. The van der Waals surface area contributed by atoms with Gasteiger partial charge >= 0.3 is 12.2 Å². The molecule has 14 nitrogen and oxygen atoms in total. The molecule has 2 aliphatic heterocycles. The molecule has 4 amide bonds. The summed E-state index contributed by atoms with van der Waals surface area (Å²) >= 11 is 0. The number of methoxy groups -OCH3 is 2. The highest BCUT2D eigenvalue weighted by atomic mass is 19.1. The molecule has 1 unspecified atom stereocenters. The van der Waals surface area contributed by atoms with Crippen LogP contribution in [0.1, 0.15) is 139 Å². The molecule has 4 heterocycles. The van der Waals surface area contributed by atoms with Gasteiger partial charge in [-0.05, 0) is 95.7 Å². The van der Waals surface area contributed by atoms with Gasteiger partial charge in [0.05, 0.1) is 48.4 Å². The monoisotopic (exact) mass is 920 g/mol. The van der Waals surface area contributed by atoms with Crippen LogP contribution in [0.25, 0.3) is 33.2 Å². The number of aromatic nitrogens is 4. The first kappa shape index (κ1) is 47.2. The predicted octanol–water partition coefficient (Wildman–Crippen LogP) is 9.59. The number of hydrogen-bond acceptors (Lipinski definition) is 8. The third-order valence-electron chi connectivity index (χ3n) is 13.8. The molecule has 5 aromatic rings. The van der Waals surface area contributed by atoms with E-state index in [1.807, 2.05) is 39.8 Å². The zero-order valence-electron chi connectivity index (χ0n) is 39.8. The van der Waals surface area contributed by atoms with E-state index in [2.05, 4.69) is 53.5 Å². The summed E-state index contributed by atoms with van der Waals surface area (Å²) in [5.74, 6) is -1.13. The molecule has 2 fully saturated rings. The molecule has 3 aliphatic rings. The van der Waals surface area contributed by atoms with Crippen LogP contribution in [-0.4, -0.2) is 93.1 Å². The lowest BCUT2D eigenvalue weighted by molar-refractivity contribution is -0.136. The number of carbonyl (C=O) groups excluding carboxylic acids is 4. The van der Waals surface area contributed by atoms with Crippen LogP contribution in [-0.2, 0) is 24.5 Å². The smallest absolute Gasteiger partial charge is 0.407 e. The van der Waals surface area contributed by atoms with Gasteiger partial charge in [-0.3, -0.25) is 9.59 Å². The summed E-state index contributed by atoms with van der Waals surface area (Å²) in [6, 6.07) is 12.3. The molecular formula is C51H62F2N8O6. The summed E-state index contributed by atoms with van der Waals surface area (Å²) in [6.07, 6.45) is 2.37. The van der Waals surface area contributed by atoms with Crippen LogP contribution in [0.4, 0.5) is 18.4 Å². The Bertz CT molecular complexity index is 2740. The maximum Gasteiger partial charge on any atom is 0.407 e. The van der Waals surface area contributed by atoms with Crippen LogP contribution in [0, 0.1) is 23.5 Å². The standard InChI is InChI=1S/C51H62F2N8O6/c1-26(2)43(58-49(64)66-8)47(62)60-20-10-12-40(60)45-54-36-22-32(34(52)24-38(36)56-45)30-18-19-31(42(30)28-14-16-29(17-15-28)51(5,6)7)33-23-37-39(25-35(33)53)57-46(55-37)41-13-11-21-61(41)48(63)44(27(3)4)59-50(65)67-9/h14-17,22-27,30,40-41,43-44H,10-13,18-21H2,1-9H3,(H,54,56)(H,55,57)(H,58,64)(H,59,65)/t30?,40-,41-,43-,44-/m0/s1. The minimum atomic E-state index is -0.797. The molecule has 3 aromatic carbocycles. The number of nitrogens with zero attached hydrogens (tertiary/aromatic N) is 4. The molecular weight excluding hydrogens is 859 g/mol. The number of ether oxygens (including phenoxy) is 2. The highest BCUT2D eigenvalue weighted by Gasteiger charge is 2.40. The van der Waals surface area contributed by atoms with Crippen LogP contribution in [0.2, 0.25) is 0 Å². The number of alkyl carbamates (subject to hydrolysis) is 2. The maximum atomic E-state index is 16.7. The lowest BCUT2D eigenvalue weighted by atomic mass is 9.83. The number of fused-ring (bicyclic) bond motifs is 2. The Labute approximate surface area is 389 Å². The van der Waals surface area contributed by atoms with Crippen LogP contribution in [0.15, 0.2) is 48.5 Å². The quantitative estimate of drug-likeness (QED) is 0.101. The highest BCUT2D eigenvalue weighted by molar-refractivity contribution is 5.98. The fraction of sp³-hybridized carbons (Fsp3) is 0.490. The van der Waals surface area contributed by atoms with Crippen LogP contribution < -0.4 is 10.6 Å². The fourth-order valence-electron chi connectivity index (χ4n) is 10.2. The van der Waals surface area contributed by atoms with E-state index >= 15 is 8.78 Å². The van der Waals surface area contributed by atoms with E-state index in [4.69, 9.17) is 19.4 Å². The van der Waals surface area contributed by atoms with Crippen molar-refractivity contribution in [2.75, 3.05) is 27.3 Å². The number of allylic oxidation sites excluding steroid dienone is 2. The molecule has 2 aromatic heterocycles. The molecule has 2 saturated heterocycles. The Morgan fingerprint density at radius 1 is 0.716 bits per heavy atom. The third kappa shape index (κ3) is 9.23. The summed E-state index contributed by atoms with van der Waals surface area (Å²) in [7, 11) is 2.52. The van der Waals surface area contributed by atoms with Crippen molar-refractivity contribution in [1.29, 1.82) is 0 Å². The van der Waals surface area contributed by atoms with E-state index < -0.39 is 53.9 Å². The van der Waals surface area contributed by atoms with Gasteiger partial charge in [0.15, 0.2) is 0 Å². The maximum absolute atomic E-state index is 16.7. The van der Waals surface area contributed by atoms with E-state index in [1.54, 1.807) is 21.9 Å². The van der Waals surface area contributed by atoms with Gasteiger partial charge in [0.2, 0.25) is 11.8 Å². The Morgan fingerprint density at radius 3 is 1.72 bits per heavy atom. The largest absolute Gasteiger partial charge is 0.453 e. The van der Waals surface area contributed by atoms with E-state index in [9.17, 15) is 19.2 Å². The summed E-state index contributed by atoms with van der Waals surface area (Å²) in [5.41, 5.74) is 6.35. The predicted molar refractivity (Wildman–Crippen MR) is 252 cm³/mol. The first-order valence-corrected chi connectivity index (χ1v) is 23.4. The van der Waals surface area contributed by atoms with E-state index in [0.29, 0.717) is 83.6 Å². The Hall–Kier alpha value is -6.32. The van der Waals surface area contributed by atoms with Gasteiger partial charge in [0, 0.05) is 36.7 Å². The topological polar surface area (TPSA) is 175 Å². The molecule has 4 N–H and O–H groups in total. The van der Waals surface area contributed by atoms with Crippen molar-refractivity contribution in [2.24, 2.45) is 11.8 Å². The minimum Gasteiger partial charge on any atom is -0.453 e. The van der Waals surface area contributed by atoms with Gasteiger partial charge in [0.25, 0.3) is 0 Å². The van der Waals surface area contributed by atoms with Crippen molar-refractivity contribution in [3.05, 3.63) is 94.1 Å². The van der Waals surface area contributed by atoms with E-state index in [-0.39, 0.29) is 29.1 Å². The van der Waals surface area contributed by atoms with Gasteiger partial charge < -0.3 is 39.9 Å². The van der Waals surface area contributed by atoms with Gasteiger partial charge in [-0.2, -0.15) is 0 Å². The molecule has 8 rings (SSSR count). The number of rotatable bonds is 11. The molecule has 0 saturated carbocycles. The number of likely N-dealkylation sites (tertiary alicyclic amines) is 2. The number of imidazole rings is 2. The average Bonchev–Trinajstić information content (AvgIpc) is 4.15. The fourth-order valence-corrected chi connectivity index (χ4v) is 10.2. The Kier molecular flexibility index (Phi) is 13.2. The minimum absolute atomic E-state index is 0.116. The second kappa shape index (κ2) is 18.8. The zero-order valence-corrected chi connectivity index (χ0v) is 39.8. The zero-order chi connectivity index (χ0) is 48.1. The number of halogens is 2. The van der Waals surface area contributed by atoms with Crippen molar-refractivity contribution < 1.29 is 37.4 Å². The van der Waals surface area contributed by atoms with Crippen LogP contribution in [0.5, 0.6) is 0 Å².